The van der Waals surface area contributed by atoms with Gasteiger partial charge in [-0.3, -0.25) is 9.59 Å². The van der Waals surface area contributed by atoms with Gasteiger partial charge in [-0.1, -0.05) is 56.3 Å². The minimum absolute atomic E-state index is 0.0170. The van der Waals surface area contributed by atoms with Crippen molar-refractivity contribution in [3.63, 3.8) is 0 Å². The molecule has 1 aliphatic heterocycles. The van der Waals surface area contributed by atoms with Crippen molar-refractivity contribution in [3.05, 3.63) is 53.4 Å². The summed E-state index contributed by atoms with van der Waals surface area (Å²) in [7, 11) is 0. The quantitative estimate of drug-likeness (QED) is 0.810. The van der Waals surface area contributed by atoms with Gasteiger partial charge in [-0.05, 0) is 17.9 Å². The van der Waals surface area contributed by atoms with Crippen LogP contribution in [0.1, 0.15) is 61.3 Å². The van der Waals surface area contributed by atoms with Gasteiger partial charge >= 0.3 is 0 Å². The number of amides is 2. The van der Waals surface area contributed by atoms with E-state index in [2.05, 4.69) is 12.1 Å². The van der Waals surface area contributed by atoms with E-state index in [1.807, 2.05) is 49.1 Å². The highest BCUT2D eigenvalue weighted by Gasteiger charge is 2.32. The second kappa shape index (κ2) is 8.37. The highest BCUT2D eigenvalue weighted by Crippen LogP contribution is 2.21. The minimum atomic E-state index is -0.192. The summed E-state index contributed by atoms with van der Waals surface area (Å²) in [5.74, 6) is 0.340. The molecule has 2 heterocycles. The van der Waals surface area contributed by atoms with Crippen LogP contribution in [0.3, 0.4) is 0 Å². The highest BCUT2D eigenvalue weighted by atomic mass is 16.5. The number of benzene rings is 1. The van der Waals surface area contributed by atoms with E-state index in [0.29, 0.717) is 26.1 Å². The molecule has 1 fully saturated rings. The molecule has 0 N–H and O–H groups in total. The van der Waals surface area contributed by atoms with Gasteiger partial charge in [0.15, 0.2) is 0 Å². The first-order chi connectivity index (χ1) is 13.0. The first-order valence-corrected chi connectivity index (χ1v) is 9.58. The van der Waals surface area contributed by atoms with Gasteiger partial charge in [-0.2, -0.15) is 0 Å². The van der Waals surface area contributed by atoms with E-state index < -0.39 is 0 Å². The summed E-state index contributed by atoms with van der Waals surface area (Å²) in [6, 6.07) is 11.7. The van der Waals surface area contributed by atoms with E-state index in [1.165, 1.54) is 0 Å². The third-order valence-electron chi connectivity index (χ3n) is 5.07. The van der Waals surface area contributed by atoms with E-state index >= 15 is 0 Å². The third-order valence-corrected chi connectivity index (χ3v) is 5.07. The van der Waals surface area contributed by atoms with E-state index in [1.54, 1.807) is 11.0 Å². The van der Waals surface area contributed by atoms with Crippen molar-refractivity contribution in [1.82, 2.24) is 15.0 Å². The summed E-state index contributed by atoms with van der Waals surface area (Å²) < 4.78 is 5.26. The topological polar surface area (TPSA) is 66.7 Å². The Morgan fingerprint density at radius 3 is 2.67 bits per heavy atom. The van der Waals surface area contributed by atoms with Gasteiger partial charge < -0.3 is 14.3 Å². The summed E-state index contributed by atoms with van der Waals surface area (Å²) in [6.07, 6.45) is 1.11. The molecule has 3 rings (SSSR count). The minimum Gasteiger partial charge on any atom is -0.351 e. The van der Waals surface area contributed by atoms with E-state index in [-0.39, 0.29) is 29.5 Å². The normalized spacial score (nSPS) is 18.1. The Morgan fingerprint density at radius 1 is 1.30 bits per heavy atom. The average molecular weight is 369 g/mol. The molecule has 1 aromatic carbocycles. The molecule has 2 aromatic rings. The molecule has 0 radical (unpaired) electrons. The van der Waals surface area contributed by atoms with Crippen LogP contribution >= 0.6 is 0 Å². The van der Waals surface area contributed by atoms with Gasteiger partial charge in [0, 0.05) is 38.2 Å². The largest absolute Gasteiger partial charge is 0.351 e. The van der Waals surface area contributed by atoms with Crippen molar-refractivity contribution in [2.24, 2.45) is 0 Å². The Hall–Kier alpha value is -2.63. The van der Waals surface area contributed by atoms with Crippen LogP contribution in [-0.2, 0) is 11.3 Å². The second-order valence-electron chi connectivity index (χ2n) is 7.34. The maximum atomic E-state index is 12.9. The van der Waals surface area contributed by atoms with Crippen LogP contribution in [0.5, 0.6) is 0 Å². The Labute approximate surface area is 160 Å². The predicted octanol–water partition coefficient (Wildman–Crippen LogP) is 3.45. The fraction of sp³-hybridized carbons (Fsp3) is 0.476. The molecule has 27 heavy (non-hydrogen) atoms. The van der Waals surface area contributed by atoms with Gasteiger partial charge in [0.05, 0.1) is 5.69 Å². The molecule has 6 heteroatoms. The van der Waals surface area contributed by atoms with Crippen molar-refractivity contribution in [3.8, 4) is 0 Å². The molecule has 1 aromatic heterocycles. The number of nitrogens with zero attached hydrogens (tertiary/aromatic N) is 3. The van der Waals surface area contributed by atoms with Crippen molar-refractivity contribution < 1.29 is 14.1 Å². The number of carbonyl (C=O) groups is 2. The molecule has 144 valence electrons. The maximum Gasteiger partial charge on any atom is 0.292 e. The lowest BCUT2D eigenvalue weighted by Crippen LogP contribution is -2.43. The number of aromatic nitrogens is 1. The van der Waals surface area contributed by atoms with Crippen molar-refractivity contribution >= 4 is 11.8 Å². The van der Waals surface area contributed by atoms with Crippen LogP contribution in [0.2, 0.25) is 0 Å². The van der Waals surface area contributed by atoms with Gasteiger partial charge in [0.2, 0.25) is 11.7 Å². The fourth-order valence-electron chi connectivity index (χ4n) is 3.37. The van der Waals surface area contributed by atoms with Gasteiger partial charge in [0.25, 0.3) is 5.91 Å². The van der Waals surface area contributed by atoms with Crippen molar-refractivity contribution in [2.75, 3.05) is 13.1 Å². The Bertz CT molecular complexity index is 785. The Balaban J connectivity index is 1.76. The number of hydrogen-bond donors (Lipinski definition) is 0. The second-order valence-corrected chi connectivity index (χ2v) is 7.34. The van der Waals surface area contributed by atoms with Crippen LogP contribution in [-0.4, -0.2) is 45.9 Å². The fourth-order valence-corrected chi connectivity index (χ4v) is 3.37. The SMILES string of the molecule is CC[C@@H]1CN(C(=O)c2cc(C(C)C)no2)CCC(=O)N1Cc1ccccc1. The zero-order valence-electron chi connectivity index (χ0n) is 16.2. The summed E-state index contributed by atoms with van der Waals surface area (Å²) >= 11 is 0. The van der Waals surface area contributed by atoms with Crippen LogP contribution in [0, 0.1) is 0 Å². The summed E-state index contributed by atoms with van der Waals surface area (Å²) in [4.78, 5) is 29.3. The molecule has 0 aliphatic carbocycles. The first-order valence-electron chi connectivity index (χ1n) is 9.58. The van der Waals surface area contributed by atoms with Crippen LogP contribution in [0.15, 0.2) is 40.9 Å². The van der Waals surface area contributed by atoms with Crippen molar-refractivity contribution in [2.45, 2.75) is 52.1 Å². The number of hydrogen-bond acceptors (Lipinski definition) is 4. The molecule has 0 spiro atoms. The molecular formula is C21H27N3O3. The van der Waals surface area contributed by atoms with E-state index in [4.69, 9.17) is 4.52 Å². The molecule has 0 unspecified atom stereocenters. The highest BCUT2D eigenvalue weighted by molar-refractivity contribution is 5.92. The van der Waals surface area contributed by atoms with Crippen LogP contribution < -0.4 is 0 Å². The molecule has 1 aliphatic rings. The zero-order valence-corrected chi connectivity index (χ0v) is 16.2. The lowest BCUT2D eigenvalue weighted by Gasteiger charge is -2.31. The number of rotatable bonds is 5. The van der Waals surface area contributed by atoms with E-state index in [0.717, 1.165) is 17.7 Å². The molecule has 0 bridgehead atoms. The van der Waals surface area contributed by atoms with Gasteiger partial charge in [-0.25, -0.2) is 0 Å². The van der Waals surface area contributed by atoms with Crippen LogP contribution in [0.25, 0.3) is 0 Å². The summed E-state index contributed by atoms with van der Waals surface area (Å²) in [6.45, 7) is 7.54. The number of carbonyl (C=O) groups excluding carboxylic acids is 2. The molecule has 6 nitrogen and oxygen atoms in total. The predicted molar refractivity (Wildman–Crippen MR) is 102 cm³/mol. The zero-order chi connectivity index (χ0) is 19.4. The molecule has 1 saturated heterocycles. The lowest BCUT2D eigenvalue weighted by atomic mass is 10.1. The van der Waals surface area contributed by atoms with Crippen LogP contribution in [0.4, 0.5) is 0 Å². The Kier molecular flexibility index (Phi) is 5.94. The summed E-state index contributed by atoms with van der Waals surface area (Å²) in [5, 5.41) is 3.98. The average Bonchev–Trinajstić information content (AvgIpc) is 3.12. The molecule has 0 saturated carbocycles. The molecule has 1 atom stereocenters. The first kappa shape index (κ1) is 19.1. The smallest absolute Gasteiger partial charge is 0.292 e. The molecule has 2 amide bonds. The monoisotopic (exact) mass is 369 g/mol. The Morgan fingerprint density at radius 2 is 2.04 bits per heavy atom. The van der Waals surface area contributed by atoms with Crippen molar-refractivity contribution in [1.29, 1.82) is 0 Å². The summed E-state index contributed by atoms with van der Waals surface area (Å²) in [5.41, 5.74) is 1.86. The van der Waals surface area contributed by atoms with Gasteiger partial charge in [0.1, 0.15) is 0 Å². The maximum absolute atomic E-state index is 12.9. The molecular weight excluding hydrogens is 342 g/mol. The standard InChI is InChI=1S/C21H27N3O3/c1-4-17-14-23(21(26)19-12-18(15(2)3)22-27-19)11-10-20(25)24(17)13-16-8-6-5-7-9-16/h5-9,12,15,17H,4,10-11,13-14H2,1-3H3/t17-/m1/s1. The lowest BCUT2D eigenvalue weighted by molar-refractivity contribution is -0.133. The van der Waals surface area contributed by atoms with Gasteiger partial charge in [-0.15, -0.1) is 0 Å². The van der Waals surface area contributed by atoms with E-state index in [9.17, 15) is 9.59 Å². The third kappa shape index (κ3) is 4.38.